The van der Waals surface area contributed by atoms with Crippen molar-refractivity contribution in [2.45, 2.75) is 13.5 Å². The zero-order chi connectivity index (χ0) is 14.4. The third kappa shape index (κ3) is 4.31. The van der Waals surface area contributed by atoms with E-state index in [4.69, 9.17) is 4.74 Å². The van der Waals surface area contributed by atoms with Gasteiger partial charge in [-0.25, -0.2) is 4.39 Å². The van der Waals surface area contributed by atoms with Gasteiger partial charge in [-0.1, -0.05) is 0 Å². The van der Waals surface area contributed by atoms with Gasteiger partial charge in [-0.2, -0.15) is 10.2 Å². The fraction of sp³-hybridized carbons (Fsp3) is 0.214. The van der Waals surface area contributed by atoms with Gasteiger partial charge >= 0.3 is 0 Å². The molecule has 2 aromatic rings. The maximum absolute atomic E-state index is 12.7. The minimum Gasteiger partial charge on any atom is -0.484 e. The maximum Gasteiger partial charge on any atom is 0.258 e. The van der Waals surface area contributed by atoms with Gasteiger partial charge in [-0.15, -0.1) is 0 Å². The van der Waals surface area contributed by atoms with Gasteiger partial charge in [0.25, 0.3) is 5.91 Å². The smallest absolute Gasteiger partial charge is 0.258 e. The summed E-state index contributed by atoms with van der Waals surface area (Å²) in [6, 6.07) is 9.10. The van der Waals surface area contributed by atoms with Gasteiger partial charge in [0.05, 0.1) is 17.9 Å². The SMILES string of the molecule is Cc1ccc(CNC(=O)COc2ccc(F)cc2)nn1. The van der Waals surface area contributed by atoms with Crippen molar-refractivity contribution in [1.82, 2.24) is 15.5 Å². The van der Waals surface area contributed by atoms with E-state index in [1.165, 1.54) is 24.3 Å². The van der Waals surface area contributed by atoms with Crippen LogP contribution in [0.3, 0.4) is 0 Å². The van der Waals surface area contributed by atoms with Gasteiger partial charge in [-0.05, 0) is 43.3 Å². The molecule has 1 aromatic carbocycles. The first-order valence-corrected chi connectivity index (χ1v) is 6.08. The number of hydrogen-bond donors (Lipinski definition) is 1. The molecule has 104 valence electrons. The van der Waals surface area contributed by atoms with E-state index in [1.807, 2.05) is 13.0 Å². The number of rotatable bonds is 5. The lowest BCUT2D eigenvalue weighted by molar-refractivity contribution is -0.123. The first-order valence-electron chi connectivity index (χ1n) is 6.08. The molecule has 0 aliphatic heterocycles. The molecule has 5 nitrogen and oxygen atoms in total. The molecule has 0 atom stereocenters. The molecule has 0 spiro atoms. The van der Waals surface area contributed by atoms with Crippen molar-refractivity contribution >= 4 is 5.91 Å². The Labute approximate surface area is 115 Å². The minimum absolute atomic E-state index is 0.134. The highest BCUT2D eigenvalue weighted by atomic mass is 19.1. The first-order chi connectivity index (χ1) is 9.63. The summed E-state index contributed by atoms with van der Waals surface area (Å²) >= 11 is 0. The second kappa shape index (κ2) is 6.60. The van der Waals surface area contributed by atoms with E-state index in [0.29, 0.717) is 18.0 Å². The molecule has 1 N–H and O–H groups in total. The van der Waals surface area contributed by atoms with Gasteiger partial charge in [0.15, 0.2) is 6.61 Å². The standard InChI is InChI=1S/C14H14FN3O2/c1-10-2-5-12(18-17-10)8-16-14(19)9-20-13-6-3-11(15)4-7-13/h2-7H,8-9H2,1H3,(H,16,19). The number of halogens is 1. The van der Waals surface area contributed by atoms with E-state index in [-0.39, 0.29) is 18.3 Å². The Morgan fingerprint density at radius 1 is 1.20 bits per heavy atom. The number of nitrogens with zero attached hydrogens (tertiary/aromatic N) is 2. The van der Waals surface area contributed by atoms with E-state index >= 15 is 0 Å². The molecular formula is C14H14FN3O2. The zero-order valence-electron chi connectivity index (χ0n) is 11.0. The molecule has 0 bridgehead atoms. The van der Waals surface area contributed by atoms with Crippen molar-refractivity contribution in [3.8, 4) is 5.75 Å². The Morgan fingerprint density at radius 3 is 2.60 bits per heavy atom. The van der Waals surface area contributed by atoms with Gasteiger partial charge in [-0.3, -0.25) is 4.79 Å². The Bertz CT molecular complexity index is 518. The Hall–Kier alpha value is -2.50. The summed E-state index contributed by atoms with van der Waals surface area (Å²) in [5.74, 6) is -0.187. The number of aryl methyl sites for hydroxylation is 1. The van der Waals surface area contributed by atoms with Crippen LogP contribution >= 0.6 is 0 Å². The summed E-state index contributed by atoms with van der Waals surface area (Å²) in [6.07, 6.45) is 0. The van der Waals surface area contributed by atoms with Crippen molar-refractivity contribution in [1.29, 1.82) is 0 Å². The van der Waals surface area contributed by atoms with E-state index in [2.05, 4.69) is 15.5 Å². The monoisotopic (exact) mass is 275 g/mol. The molecule has 20 heavy (non-hydrogen) atoms. The van der Waals surface area contributed by atoms with Crippen molar-refractivity contribution in [2.75, 3.05) is 6.61 Å². The zero-order valence-corrected chi connectivity index (χ0v) is 11.0. The first kappa shape index (κ1) is 13.9. The highest BCUT2D eigenvalue weighted by Gasteiger charge is 2.04. The van der Waals surface area contributed by atoms with Crippen LogP contribution in [-0.4, -0.2) is 22.7 Å². The third-order valence-electron chi connectivity index (χ3n) is 2.50. The van der Waals surface area contributed by atoms with E-state index in [9.17, 15) is 9.18 Å². The summed E-state index contributed by atoms with van der Waals surface area (Å²) < 4.78 is 17.9. The lowest BCUT2D eigenvalue weighted by Gasteiger charge is -2.07. The van der Waals surface area contributed by atoms with E-state index in [1.54, 1.807) is 6.07 Å². The Balaban J connectivity index is 1.75. The summed E-state index contributed by atoms with van der Waals surface area (Å²) in [4.78, 5) is 11.6. The van der Waals surface area contributed by atoms with Crippen LogP contribution in [0.1, 0.15) is 11.4 Å². The average Bonchev–Trinajstić information content (AvgIpc) is 2.46. The van der Waals surface area contributed by atoms with Crippen LogP contribution in [0, 0.1) is 12.7 Å². The molecule has 1 amide bonds. The summed E-state index contributed by atoms with van der Waals surface area (Å²) in [7, 11) is 0. The third-order valence-corrected chi connectivity index (χ3v) is 2.50. The predicted molar refractivity (Wildman–Crippen MR) is 70.5 cm³/mol. The number of hydrogen-bond acceptors (Lipinski definition) is 4. The number of benzene rings is 1. The molecule has 0 saturated heterocycles. The van der Waals surface area contributed by atoms with Gasteiger partial charge in [0.1, 0.15) is 11.6 Å². The molecule has 0 radical (unpaired) electrons. The van der Waals surface area contributed by atoms with Crippen LogP contribution in [0.2, 0.25) is 0 Å². The average molecular weight is 275 g/mol. The normalized spacial score (nSPS) is 10.1. The quantitative estimate of drug-likeness (QED) is 0.900. The molecule has 0 aliphatic carbocycles. The van der Waals surface area contributed by atoms with Crippen molar-refractivity contribution in [3.05, 3.63) is 53.6 Å². The van der Waals surface area contributed by atoms with Crippen LogP contribution in [0.25, 0.3) is 0 Å². The van der Waals surface area contributed by atoms with Crippen LogP contribution < -0.4 is 10.1 Å². The maximum atomic E-state index is 12.7. The van der Waals surface area contributed by atoms with Gasteiger partial charge in [0, 0.05) is 0 Å². The van der Waals surface area contributed by atoms with Gasteiger partial charge < -0.3 is 10.1 Å². The van der Waals surface area contributed by atoms with Crippen LogP contribution in [-0.2, 0) is 11.3 Å². The van der Waals surface area contributed by atoms with E-state index in [0.717, 1.165) is 5.69 Å². The number of amides is 1. The fourth-order valence-electron chi connectivity index (χ4n) is 1.44. The Kier molecular flexibility index (Phi) is 4.60. The van der Waals surface area contributed by atoms with Crippen molar-refractivity contribution < 1.29 is 13.9 Å². The molecule has 2 rings (SSSR count). The van der Waals surface area contributed by atoms with Crippen LogP contribution in [0.15, 0.2) is 36.4 Å². The van der Waals surface area contributed by atoms with Crippen LogP contribution in [0.4, 0.5) is 4.39 Å². The topological polar surface area (TPSA) is 64.1 Å². The van der Waals surface area contributed by atoms with Crippen LogP contribution in [0.5, 0.6) is 5.75 Å². The lowest BCUT2D eigenvalue weighted by Crippen LogP contribution is -2.28. The van der Waals surface area contributed by atoms with Gasteiger partial charge in [0.2, 0.25) is 0 Å². The molecular weight excluding hydrogens is 261 g/mol. The number of aromatic nitrogens is 2. The molecule has 0 aliphatic rings. The molecule has 6 heteroatoms. The summed E-state index contributed by atoms with van der Waals surface area (Å²) in [6.45, 7) is 2.00. The number of ether oxygens (including phenoxy) is 1. The largest absolute Gasteiger partial charge is 0.484 e. The van der Waals surface area contributed by atoms with Crippen molar-refractivity contribution in [3.63, 3.8) is 0 Å². The van der Waals surface area contributed by atoms with Crippen molar-refractivity contribution in [2.24, 2.45) is 0 Å². The second-order valence-electron chi connectivity index (χ2n) is 4.19. The molecule has 0 unspecified atom stereocenters. The molecule has 0 saturated carbocycles. The minimum atomic E-state index is -0.347. The summed E-state index contributed by atoms with van der Waals surface area (Å²) in [5, 5.41) is 10.5. The summed E-state index contributed by atoms with van der Waals surface area (Å²) in [5.41, 5.74) is 1.49. The second-order valence-corrected chi connectivity index (χ2v) is 4.19. The highest BCUT2D eigenvalue weighted by molar-refractivity contribution is 5.77. The molecule has 1 aromatic heterocycles. The highest BCUT2D eigenvalue weighted by Crippen LogP contribution is 2.10. The van der Waals surface area contributed by atoms with E-state index < -0.39 is 0 Å². The Morgan fingerprint density at radius 2 is 1.95 bits per heavy atom. The molecule has 1 heterocycles. The fourth-order valence-corrected chi connectivity index (χ4v) is 1.44. The lowest BCUT2D eigenvalue weighted by atomic mass is 10.3. The number of carbonyl (C=O) groups excluding carboxylic acids is 1. The number of nitrogens with one attached hydrogen (secondary N) is 1. The predicted octanol–water partition coefficient (Wildman–Crippen LogP) is 1.62. The number of carbonyl (C=O) groups is 1. The molecule has 0 fully saturated rings.